The molecular weight excluding hydrogens is 579 g/mol. The Kier molecular flexibility index (Phi) is 9.08. The molecule has 4 aromatic rings. The third-order valence-corrected chi connectivity index (χ3v) is 8.03. The predicted octanol–water partition coefficient (Wildman–Crippen LogP) is 5.63. The molecule has 1 aliphatic heterocycles. The summed E-state index contributed by atoms with van der Waals surface area (Å²) in [5.41, 5.74) is 0.523. The number of carbonyl (C=O) groups excluding carboxylic acids is 2. The Balaban J connectivity index is 1.07. The van der Waals surface area contributed by atoms with Crippen molar-refractivity contribution in [2.75, 3.05) is 57.2 Å². The van der Waals surface area contributed by atoms with Crippen molar-refractivity contribution in [3.63, 3.8) is 0 Å². The lowest BCUT2D eigenvalue weighted by molar-refractivity contribution is -0.131. The number of hydrogen-bond donors (Lipinski definition) is 2. The Morgan fingerprint density at radius 3 is 2.22 bits per heavy atom. The Morgan fingerprint density at radius 2 is 1.58 bits per heavy atom. The third-order valence-electron chi connectivity index (χ3n) is 8.03. The minimum absolute atomic E-state index is 0.387. The van der Waals surface area contributed by atoms with E-state index in [-0.39, 0.29) is 5.91 Å². The second-order valence-electron chi connectivity index (χ2n) is 11.1. The first-order valence-corrected chi connectivity index (χ1v) is 15.0. The highest BCUT2D eigenvalue weighted by Crippen LogP contribution is 2.47. The molecule has 10 nitrogen and oxygen atoms in total. The van der Waals surface area contributed by atoms with Crippen molar-refractivity contribution in [3.8, 4) is 23.0 Å². The molecule has 2 fully saturated rings. The lowest BCUT2D eigenvalue weighted by atomic mass is 10.0. The number of ether oxygens (including phenoxy) is 4. The molecular formula is C34H35FN4O6. The van der Waals surface area contributed by atoms with Crippen LogP contribution in [0.1, 0.15) is 19.3 Å². The van der Waals surface area contributed by atoms with Crippen LogP contribution >= 0.6 is 0 Å². The molecule has 1 aromatic heterocycles. The first-order valence-electron chi connectivity index (χ1n) is 15.0. The van der Waals surface area contributed by atoms with Gasteiger partial charge in [-0.25, -0.2) is 4.39 Å². The Labute approximate surface area is 260 Å². The number of halogens is 1. The first kappa shape index (κ1) is 30.3. The normalized spacial score (nSPS) is 15.7. The van der Waals surface area contributed by atoms with E-state index in [1.54, 1.807) is 43.6 Å². The first-order chi connectivity index (χ1) is 21.9. The van der Waals surface area contributed by atoms with Crippen LogP contribution in [0.3, 0.4) is 0 Å². The number of pyridine rings is 1. The van der Waals surface area contributed by atoms with Gasteiger partial charge in [0.1, 0.15) is 22.7 Å². The molecule has 2 heterocycles. The van der Waals surface area contributed by atoms with Gasteiger partial charge in [0.05, 0.1) is 32.4 Å². The number of aromatic nitrogens is 1. The molecule has 1 aliphatic carbocycles. The van der Waals surface area contributed by atoms with E-state index in [1.165, 1.54) is 24.3 Å². The maximum Gasteiger partial charge on any atom is 0.240 e. The number of nitrogens with zero attached hydrogens (tertiary/aromatic N) is 2. The second-order valence-corrected chi connectivity index (χ2v) is 11.1. The number of anilines is 2. The van der Waals surface area contributed by atoms with Crippen molar-refractivity contribution in [3.05, 3.63) is 78.7 Å². The van der Waals surface area contributed by atoms with Crippen molar-refractivity contribution in [1.29, 1.82) is 0 Å². The molecule has 0 bridgehead atoms. The topological polar surface area (TPSA) is 111 Å². The molecule has 6 rings (SSSR count). The average molecular weight is 615 g/mol. The molecule has 1 saturated heterocycles. The van der Waals surface area contributed by atoms with Gasteiger partial charge in [0.25, 0.3) is 0 Å². The SMILES string of the molecule is COc1cc2c(Oc3ccc(NC(=O)C4(C(=O)Nc5ccc(F)cc5)CC4)cc3)ccnc2cc1OCCCN1CCOCC1. The van der Waals surface area contributed by atoms with Crippen molar-refractivity contribution < 1.29 is 32.9 Å². The van der Waals surface area contributed by atoms with Crippen LogP contribution < -0.4 is 24.8 Å². The van der Waals surface area contributed by atoms with E-state index >= 15 is 0 Å². The largest absolute Gasteiger partial charge is 0.493 e. The summed E-state index contributed by atoms with van der Waals surface area (Å²) in [7, 11) is 1.60. The molecule has 45 heavy (non-hydrogen) atoms. The van der Waals surface area contributed by atoms with Gasteiger partial charge in [-0.1, -0.05) is 0 Å². The maximum atomic E-state index is 13.2. The van der Waals surface area contributed by atoms with E-state index in [4.69, 9.17) is 18.9 Å². The summed E-state index contributed by atoms with van der Waals surface area (Å²) in [6.07, 6.45) is 3.44. The molecule has 2 N–H and O–H groups in total. The van der Waals surface area contributed by atoms with Crippen molar-refractivity contribution in [2.45, 2.75) is 19.3 Å². The summed E-state index contributed by atoms with van der Waals surface area (Å²) >= 11 is 0. The van der Waals surface area contributed by atoms with Gasteiger partial charge in [0.2, 0.25) is 11.8 Å². The number of carbonyl (C=O) groups is 2. The van der Waals surface area contributed by atoms with E-state index in [0.29, 0.717) is 59.3 Å². The smallest absolute Gasteiger partial charge is 0.240 e. The van der Waals surface area contributed by atoms with E-state index < -0.39 is 17.1 Å². The van der Waals surface area contributed by atoms with Crippen LogP contribution in [0.5, 0.6) is 23.0 Å². The predicted molar refractivity (Wildman–Crippen MR) is 168 cm³/mol. The number of rotatable bonds is 12. The third kappa shape index (κ3) is 7.16. The fraction of sp³-hybridized carbons (Fsp3) is 0.324. The van der Waals surface area contributed by atoms with Gasteiger partial charge in [0.15, 0.2) is 11.5 Å². The van der Waals surface area contributed by atoms with Gasteiger partial charge in [-0.15, -0.1) is 0 Å². The number of methoxy groups -OCH3 is 1. The monoisotopic (exact) mass is 614 g/mol. The van der Waals surface area contributed by atoms with Gasteiger partial charge < -0.3 is 29.6 Å². The van der Waals surface area contributed by atoms with Gasteiger partial charge in [-0.05, 0) is 79.9 Å². The quantitative estimate of drug-likeness (QED) is 0.156. The fourth-order valence-electron chi connectivity index (χ4n) is 5.23. The molecule has 0 unspecified atom stereocenters. The molecule has 0 atom stereocenters. The summed E-state index contributed by atoms with van der Waals surface area (Å²) in [5.74, 6) is 1.15. The van der Waals surface area contributed by atoms with E-state index in [1.807, 2.05) is 12.1 Å². The van der Waals surface area contributed by atoms with Crippen molar-refractivity contribution in [1.82, 2.24) is 9.88 Å². The van der Waals surface area contributed by atoms with Crippen LogP contribution in [-0.4, -0.2) is 68.3 Å². The van der Waals surface area contributed by atoms with E-state index in [9.17, 15) is 14.0 Å². The number of fused-ring (bicyclic) bond motifs is 1. The lowest BCUT2D eigenvalue weighted by Crippen LogP contribution is -2.37. The highest BCUT2D eigenvalue weighted by Gasteiger charge is 2.56. The number of nitrogens with one attached hydrogen (secondary N) is 2. The van der Waals surface area contributed by atoms with Crippen LogP contribution in [-0.2, 0) is 14.3 Å². The van der Waals surface area contributed by atoms with Gasteiger partial charge >= 0.3 is 0 Å². The van der Waals surface area contributed by atoms with E-state index in [2.05, 4.69) is 20.5 Å². The minimum atomic E-state index is -1.15. The molecule has 2 aliphatic rings. The van der Waals surface area contributed by atoms with E-state index in [0.717, 1.165) is 44.7 Å². The van der Waals surface area contributed by atoms with Crippen LogP contribution in [0, 0.1) is 11.2 Å². The van der Waals surface area contributed by atoms with Crippen LogP contribution in [0.25, 0.3) is 10.9 Å². The number of amides is 2. The highest BCUT2D eigenvalue weighted by atomic mass is 19.1. The highest BCUT2D eigenvalue weighted by molar-refractivity contribution is 6.16. The molecule has 2 amide bonds. The molecule has 0 spiro atoms. The minimum Gasteiger partial charge on any atom is -0.493 e. The van der Waals surface area contributed by atoms with Gasteiger partial charge in [0, 0.05) is 48.7 Å². The standard InChI is InChI=1S/C34H35FN4O6/c1-42-30-21-27-28(22-31(30)44-18-2-15-39-16-19-43-20-17-39)36-14-11-29(27)45-26-9-7-25(8-10-26)38-33(41)34(12-13-34)32(40)37-24-5-3-23(35)4-6-24/h3-11,14,21-22H,2,12-13,15-20H2,1H3,(H,37,40)(H,38,41). The van der Waals surface area contributed by atoms with Crippen LogP contribution in [0.15, 0.2) is 72.9 Å². The Morgan fingerprint density at radius 1 is 0.911 bits per heavy atom. The zero-order valence-corrected chi connectivity index (χ0v) is 25.0. The zero-order valence-electron chi connectivity index (χ0n) is 25.0. The second kappa shape index (κ2) is 13.5. The summed E-state index contributed by atoms with van der Waals surface area (Å²) in [5, 5.41) is 6.31. The number of benzene rings is 3. The molecule has 234 valence electrons. The summed E-state index contributed by atoms with van der Waals surface area (Å²) < 4.78 is 36.5. The summed E-state index contributed by atoms with van der Waals surface area (Å²) in [6, 6.07) is 17.8. The molecule has 0 radical (unpaired) electrons. The van der Waals surface area contributed by atoms with Gasteiger partial charge in [-0.3, -0.25) is 19.5 Å². The van der Waals surface area contributed by atoms with Crippen LogP contribution in [0.4, 0.5) is 15.8 Å². The van der Waals surface area contributed by atoms with Gasteiger partial charge in [-0.2, -0.15) is 0 Å². The summed E-state index contributed by atoms with van der Waals surface area (Å²) in [6.45, 7) is 4.95. The summed E-state index contributed by atoms with van der Waals surface area (Å²) in [4.78, 5) is 32.8. The van der Waals surface area contributed by atoms with Crippen LogP contribution in [0.2, 0.25) is 0 Å². The Bertz CT molecular complexity index is 1650. The zero-order chi connectivity index (χ0) is 31.2. The number of hydrogen-bond acceptors (Lipinski definition) is 8. The lowest BCUT2D eigenvalue weighted by Gasteiger charge is -2.26. The molecule has 11 heteroatoms. The number of morpholine rings is 1. The van der Waals surface area contributed by atoms with Crippen molar-refractivity contribution >= 4 is 34.1 Å². The maximum absolute atomic E-state index is 13.2. The molecule has 3 aromatic carbocycles. The fourth-order valence-corrected chi connectivity index (χ4v) is 5.23. The molecule has 1 saturated carbocycles. The van der Waals surface area contributed by atoms with Crippen molar-refractivity contribution in [2.24, 2.45) is 5.41 Å². The average Bonchev–Trinajstić information content (AvgIpc) is 3.88. The Hall–Kier alpha value is -4.74.